The van der Waals surface area contributed by atoms with Crippen molar-refractivity contribution in [2.75, 3.05) is 6.26 Å². The Kier molecular flexibility index (Phi) is 3.22. The highest BCUT2D eigenvalue weighted by molar-refractivity contribution is 7.90. The number of hydrogen-bond acceptors (Lipinski definition) is 2. The highest BCUT2D eigenvalue weighted by atomic mass is 32.2. The Hall–Kier alpha value is -1.87. The van der Waals surface area contributed by atoms with Crippen LogP contribution in [0, 0.1) is 0 Å². The fourth-order valence-corrected chi connectivity index (χ4v) is 3.25. The van der Waals surface area contributed by atoms with Gasteiger partial charge in [0.15, 0.2) is 9.84 Å². The average molecular weight is 284 g/mol. The van der Waals surface area contributed by atoms with E-state index in [2.05, 4.69) is 30.3 Å². The molecule has 3 heteroatoms. The van der Waals surface area contributed by atoms with Crippen molar-refractivity contribution in [1.82, 2.24) is 0 Å². The van der Waals surface area contributed by atoms with Crippen molar-refractivity contribution in [3.05, 3.63) is 65.2 Å². The van der Waals surface area contributed by atoms with Crippen LogP contribution in [0.5, 0.6) is 0 Å². The van der Waals surface area contributed by atoms with Crippen molar-refractivity contribution in [3.63, 3.8) is 0 Å². The van der Waals surface area contributed by atoms with E-state index >= 15 is 0 Å². The molecule has 1 aliphatic carbocycles. The molecule has 1 aliphatic rings. The number of aryl methyl sites for hydroxylation is 1. The zero-order valence-corrected chi connectivity index (χ0v) is 12.2. The smallest absolute Gasteiger partial charge is 0.175 e. The molecule has 2 aromatic carbocycles. The second-order valence-corrected chi connectivity index (χ2v) is 7.18. The Morgan fingerprint density at radius 2 is 1.65 bits per heavy atom. The first-order valence-corrected chi connectivity index (χ1v) is 8.52. The van der Waals surface area contributed by atoms with Gasteiger partial charge in [-0.05, 0) is 47.2 Å². The Morgan fingerprint density at radius 3 is 2.35 bits per heavy atom. The molecule has 0 spiro atoms. The summed E-state index contributed by atoms with van der Waals surface area (Å²) in [6.07, 6.45) is 5.52. The van der Waals surface area contributed by atoms with E-state index in [0.29, 0.717) is 4.90 Å². The SMILES string of the molecule is CS(=O)(=O)c1ccc(C=C2CCc3ccccc32)cc1. The topological polar surface area (TPSA) is 34.1 Å². The minimum absolute atomic E-state index is 0.367. The molecule has 0 amide bonds. The summed E-state index contributed by atoms with van der Waals surface area (Å²) in [6, 6.07) is 15.5. The fraction of sp³-hybridized carbons (Fsp3) is 0.176. The van der Waals surface area contributed by atoms with Crippen molar-refractivity contribution < 1.29 is 8.42 Å². The lowest BCUT2D eigenvalue weighted by atomic mass is 10.0. The van der Waals surface area contributed by atoms with E-state index in [0.717, 1.165) is 18.4 Å². The number of fused-ring (bicyclic) bond motifs is 1. The summed E-state index contributed by atoms with van der Waals surface area (Å²) in [6.45, 7) is 0. The first kappa shape index (κ1) is 13.1. The van der Waals surface area contributed by atoms with E-state index in [9.17, 15) is 8.42 Å². The molecule has 0 bridgehead atoms. The van der Waals surface area contributed by atoms with E-state index in [4.69, 9.17) is 0 Å². The minimum atomic E-state index is -3.12. The van der Waals surface area contributed by atoms with Gasteiger partial charge < -0.3 is 0 Å². The largest absolute Gasteiger partial charge is 0.224 e. The van der Waals surface area contributed by atoms with Gasteiger partial charge in [0.05, 0.1) is 4.90 Å². The summed E-state index contributed by atoms with van der Waals surface area (Å²) >= 11 is 0. The van der Waals surface area contributed by atoms with Gasteiger partial charge in [0.1, 0.15) is 0 Å². The zero-order chi connectivity index (χ0) is 14.2. The van der Waals surface area contributed by atoms with Crippen molar-refractivity contribution in [2.24, 2.45) is 0 Å². The van der Waals surface area contributed by atoms with Gasteiger partial charge in [-0.1, -0.05) is 42.5 Å². The van der Waals surface area contributed by atoms with Gasteiger partial charge in [-0.15, -0.1) is 0 Å². The van der Waals surface area contributed by atoms with Crippen LogP contribution in [0.15, 0.2) is 53.4 Å². The Bertz CT molecular complexity index is 769. The molecule has 0 radical (unpaired) electrons. The lowest BCUT2D eigenvalue weighted by Gasteiger charge is -2.02. The van der Waals surface area contributed by atoms with E-state index in [1.807, 2.05) is 12.1 Å². The fourth-order valence-electron chi connectivity index (χ4n) is 2.62. The van der Waals surface area contributed by atoms with Gasteiger partial charge in [-0.2, -0.15) is 0 Å². The quantitative estimate of drug-likeness (QED) is 0.844. The number of rotatable bonds is 2. The normalized spacial score (nSPS) is 16.4. The van der Waals surface area contributed by atoms with E-state index < -0.39 is 9.84 Å². The number of hydrogen-bond donors (Lipinski definition) is 0. The summed E-state index contributed by atoms with van der Waals surface area (Å²) in [5.74, 6) is 0. The van der Waals surface area contributed by atoms with Crippen molar-refractivity contribution in [3.8, 4) is 0 Å². The molecular formula is C17H16O2S. The molecule has 3 rings (SSSR count). The summed E-state index contributed by atoms with van der Waals surface area (Å²) in [5, 5.41) is 0. The third-order valence-corrected chi connectivity index (χ3v) is 4.80. The third-order valence-electron chi connectivity index (χ3n) is 3.68. The van der Waals surface area contributed by atoms with Crippen LogP contribution in [0.25, 0.3) is 11.6 Å². The molecule has 0 heterocycles. The summed E-state index contributed by atoms with van der Waals surface area (Å²) in [4.78, 5) is 0.367. The maximum atomic E-state index is 11.4. The maximum absolute atomic E-state index is 11.4. The second-order valence-electron chi connectivity index (χ2n) is 5.17. The molecule has 0 saturated carbocycles. The van der Waals surface area contributed by atoms with Crippen LogP contribution in [-0.4, -0.2) is 14.7 Å². The van der Waals surface area contributed by atoms with Crippen LogP contribution in [-0.2, 0) is 16.3 Å². The van der Waals surface area contributed by atoms with Crippen molar-refractivity contribution >= 4 is 21.5 Å². The van der Waals surface area contributed by atoms with Gasteiger partial charge in [-0.3, -0.25) is 0 Å². The third kappa shape index (κ3) is 2.54. The van der Waals surface area contributed by atoms with Crippen LogP contribution in [0.4, 0.5) is 0 Å². The summed E-state index contributed by atoms with van der Waals surface area (Å²) < 4.78 is 22.9. The minimum Gasteiger partial charge on any atom is -0.224 e. The molecule has 0 aliphatic heterocycles. The number of allylic oxidation sites excluding steroid dienone is 1. The standard InChI is InChI=1S/C17H16O2S/c1-20(18,19)16-10-6-13(7-11-16)12-15-9-8-14-4-2-3-5-17(14)15/h2-7,10-12H,8-9H2,1H3. The van der Waals surface area contributed by atoms with E-state index in [1.54, 1.807) is 12.1 Å². The zero-order valence-electron chi connectivity index (χ0n) is 11.3. The highest BCUT2D eigenvalue weighted by Gasteiger charge is 2.15. The van der Waals surface area contributed by atoms with Gasteiger partial charge in [-0.25, -0.2) is 8.42 Å². The molecule has 0 N–H and O–H groups in total. The molecule has 0 fully saturated rings. The Balaban J connectivity index is 1.94. The van der Waals surface area contributed by atoms with Crippen LogP contribution in [0.3, 0.4) is 0 Å². The van der Waals surface area contributed by atoms with Crippen molar-refractivity contribution in [2.45, 2.75) is 17.7 Å². The molecule has 20 heavy (non-hydrogen) atoms. The van der Waals surface area contributed by atoms with E-state index in [-0.39, 0.29) is 0 Å². The Morgan fingerprint density at radius 1 is 0.950 bits per heavy atom. The van der Waals surface area contributed by atoms with Gasteiger partial charge in [0.25, 0.3) is 0 Å². The lowest BCUT2D eigenvalue weighted by molar-refractivity contribution is 0.602. The van der Waals surface area contributed by atoms with Crippen LogP contribution >= 0.6 is 0 Å². The van der Waals surface area contributed by atoms with Gasteiger partial charge >= 0.3 is 0 Å². The monoisotopic (exact) mass is 284 g/mol. The first-order chi connectivity index (χ1) is 9.54. The van der Waals surface area contributed by atoms with Gasteiger partial charge in [0, 0.05) is 6.26 Å². The molecule has 2 aromatic rings. The molecule has 0 saturated heterocycles. The van der Waals surface area contributed by atoms with Crippen LogP contribution in [0.1, 0.15) is 23.1 Å². The molecular weight excluding hydrogens is 268 g/mol. The van der Waals surface area contributed by atoms with Crippen molar-refractivity contribution in [1.29, 1.82) is 0 Å². The Labute approximate surface area is 119 Å². The number of benzene rings is 2. The van der Waals surface area contributed by atoms with Gasteiger partial charge in [0.2, 0.25) is 0 Å². The molecule has 2 nitrogen and oxygen atoms in total. The molecule has 0 unspecified atom stereocenters. The average Bonchev–Trinajstić information content (AvgIpc) is 2.82. The summed E-state index contributed by atoms with van der Waals surface area (Å²) in [7, 11) is -3.12. The van der Waals surface area contributed by atoms with Crippen LogP contribution in [0.2, 0.25) is 0 Å². The van der Waals surface area contributed by atoms with Crippen LogP contribution < -0.4 is 0 Å². The molecule has 0 aromatic heterocycles. The lowest BCUT2D eigenvalue weighted by Crippen LogP contribution is -1.96. The molecule has 102 valence electrons. The maximum Gasteiger partial charge on any atom is 0.175 e. The predicted octanol–water partition coefficient (Wildman–Crippen LogP) is 3.58. The first-order valence-electron chi connectivity index (χ1n) is 6.63. The number of sulfone groups is 1. The summed E-state index contributed by atoms with van der Waals surface area (Å²) in [5.41, 5.74) is 5.09. The second kappa shape index (κ2) is 4.91. The highest BCUT2D eigenvalue weighted by Crippen LogP contribution is 2.33. The van der Waals surface area contributed by atoms with E-state index in [1.165, 1.54) is 23.0 Å². The predicted molar refractivity (Wildman–Crippen MR) is 82.2 cm³/mol. The molecule has 0 atom stereocenters.